The monoisotopic (exact) mass is 294 g/mol. The predicted molar refractivity (Wildman–Crippen MR) is 87.3 cm³/mol. The summed E-state index contributed by atoms with van der Waals surface area (Å²) in [6, 6.07) is 8.99. The number of benzene rings is 1. The van der Waals surface area contributed by atoms with E-state index in [-0.39, 0.29) is 0 Å². The molecule has 1 fully saturated rings. The van der Waals surface area contributed by atoms with Gasteiger partial charge in [0.1, 0.15) is 0 Å². The topological polar surface area (TPSA) is 15.3 Å². The lowest BCUT2D eigenvalue weighted by molar-refractivity contribution is 0.316. The number of hydrogen-bond donors (Lipinski definition) is 1. The standard InChI is InChI=1S/C17H27ClN2/c1-20(14-15-8-4-5-9-17(15)18)13-7-3-2-6-12-19-16-10-11-16/h4-5,8-9,16,19H,2-3,6-7,10-14H2,1H3. The maximum atomic E-state index is 6.18. The Labute approximate surface area is 128 Å². The third kappa shape index (κ3) is 6.25. The summed E-state index contributed by atoms with van der Waals surface area (Å²) >= 11 is 6.18. The van der Waals surface area contributed by atoms with E-state index in [0.29, 0.717) is 0 Å². The molecule has 0 saturated heterocycles. The molecule has 0 amide bonds. The molecule has 1 aliphatic carbocycles. The minimum atomic E-state index is 0.858. The van der Waals surface area contributed by atoms with Crippen LogP contribution in [-0.2, 0) is 6.54 Å². The number of nitrogens with one attached hydrogen (secondary N) is 1. The molecule has 20 heavy (non-hydrogen) atoms. The van der Waals surface area contributed by atoms with Gasteiger partial charge in [-0.2, -0.15) is 0 Å². The quantitative estimate of drug-likeness (QED) is 0.654. The van der Waals surface area contributed by atoms with Gasteiger partial charge in [0.05, 0.1) is 0 Å². The first-order valence-electron chi connectivity index (χ1n) is 7.91. The van der Waals surface area contributed by atoms with Gasteiger partial charge in [0.15, 0.2) is 0 Å². The summed E-state index contributed by atoms with van der Waals surface area (Å²) in [6.07, 6.45) is 8.08. The van der Waals surface area contributed by atoms with Crippen molar-refractivity contribution in [3.8, 4) is 0 Å². The van der Waals surface area contributed by atoms with Crippen molar-refractivity contribution >= 4 is 11.6 Å². The Bertz CT molecular complexity index is 390. The molecule has 0 heterocycles. The summed E-state index contributed by atoms with van der Waals surface area (Å²) in [5.41, 5.74) is 1.23. The number of unbranched alkanes of at least 4 members (excludes halogenated alkanes) is 3. The largest absolute Gasteiger partial charge is 0.314 e. The first kappa shape index (κ1) is 15.8. The van der Waals surface area contributed by atoms with Crippen LogP contribution in [0, 0.1) is 0 Å². The number of rotatable bonds is 10. The lowest BCUT2D eigenvalue weighted by atomic mass is 10.1. The smallest absolute Gasteiger partial charge is 0.0451 e. The zero-order chi connectivity index (χ0) is 14.2. The zero-order valence-electron chi connectivity index (χ0n) is 12.6. The molecular weight excluding hydrogens is 268 g/mol. The molecule has 2 nitrogen and oxygen atoms in total. The molecule has 0 atom stereocenters. The van der Waals surface area contributed by atoms with E-state index in [4.69, 9.17) is 11.6 Å². The van der Waals surface area contributed by atoms with E-state index in [1.807, 2.05) is 12.1 Å². The second-order valence-corrected chi connectivity index (χ2v) is 6.38. The maximum Gasteiger partial charge on any atom is 0.0451 e. The Hall–Kier alpha value is -0.570. The minimum Gasteiger partial charge on any atom is -0.314 e. The molecular formula is C17H27ClN2. The van der Waals surface area contributed by atoms with Crippen molar-refractivity contribution in [3.63, 3.8) is 0 Å². The minimum absolute atomic E-state index is 0.858. The molecule has 2 rings (SSSR count). The van der Waals surface area contributed by atoms with Crippen LogP contribution in [0.25, 0.3) is 0 Å². The molecule has 0 aliphatic heterocycles. The normalized spacial score (nSPS) is 14.9. The van der Waals surface area contributed by atoms with Crippen LogP contribution in [0.15, 0.2) is 24.3 Å². The van der Waals surface area contributed by atoms with Gasteiger partial charge >= 0.3 is 0 Å². The molecule has 0 spiro atoms. The van der Waals surface area contributed by atoms with Crippen molar-refractivity contribution in [3.05, 3.63) is 34.9 Å². The van der Waals surface area contributed by atoms with Crippen molar-refractivity contribution in [2.75, 3.05) is 20.1 Å². The molecule has 0 radical (unpaired) electrons. The number of nitrogens with zero attached hydrogens (tertiary/aromatic N) is 1. The van der Waals surface area contributed by atoms with Gasteiger partial charge in [0.2, 0.25) is 0 Å². The van der Waals surface area contributed by atoms with Gasteiger partial charge < -0.3 is 10.2 Å². The van der Waals surface area contributed by atoms with E-state index in [0.717, 1.165) is 24.2 Å². The molecule has 1 saturated carbocycles. The molecule has 3 heteroatoms. The summed E-state index contributed by atoms with van der Waals surface area (Å²) in [7, 11) is 2.18. The van der Waals surface area contributed by atoms with Gasteiger partial charge in [-0.05, 0) is 57.5 Å². The third-order valence-corrected chi connectivity index (χ3v) is 4.24. The van der Waals surface area contributed by atoms with Gasteiger partial charge in [0, 0.05) is 17.6 Å². The second-order valence-electron chi connectivity index (χ2n) is 5.97. The molecule has 0 aromatic heterocycles. The lowest BCUT2D eigenvalue weighted by Gasteiger charge is -2.17. The fraction of sp³-hybridized carbons (Fsp3) is 0.647. The van der Waals surface area contributed by atoms with Gasteiger partial charge in [-0.15, -0.1) is 0 Å². The lowest BCUT2D eigenvalue weighted by Crippen LogP contribution is -2.19. The van der Waals surface area contributed by atoms with Crippen molar-refractivity contribution < 1.29 is 0 Å². The van der Waals surface area contributed by atoms with Crippen LogP contribution >= 0.6 is 11.6 Å². The van der Waals surface area contributed by atoms with Crippen LogP contribution in [0.5, 0.6) is 0 Å². The van der Waals surface area contributed by atoms with Crippen LogP contribution in [0.2, 0.25) is 5.02 Å². The fourth-order valence-corrected chi connectivity index (χ4v) is 2.65. The maximum absolute atomic E-state index is 6.18. The summed E-state index contributed by atoms with van der Waals surface area (Å²) < 4.78 is 0. The van der Waals surface area contributed by atoms with E-state index in [1.165, 1.54) is 50.6 Å². The van der Waals surface area contributed by atoms with E-state index in [2.05, 4.69) is 29.4 Å². The van der Waals surface area contributed by atoms with Gasteiger partial charge in [0.25, 0.3) is 0 Å². The highest BCUT2D eigenvalue weighted by molar-refractivity contribution is 6.31. The Morgan fingerprint density at radius 3 is 2.65 bits per heavy atom. The molecule has 1 N–H and O–H groups in total. The van der Waals surface area contributed by atoms with Crippen molar-refractivity contribution in [2.45, 2.75) is 51.1 Å². The first-order valence-corrected chi connectivity index (χ1v) is 8.29. The fourth-order valence-electron chi connectivity index (χ4n) is 2.45. The number of halogens is 1. The second kappa shape index (κ2) is 8.66. The Balaban J connectivity index is 1.49. The predicted octanol–water partition coefficient (Wildman–Crippen LogP) is 4.08. The summed E-state index contributed by atoms with van der Waals surface area (Å²) in [5, 5.41) is 4.45. The average Bonchev–Trinajstić information content (AvgIpc) is 3.24. The summed E-state index contributed by atoms with van der Waals surface area (Å²) in [6.45, 7) is 3.31. The van der Waals surface area contributed by atoms with Crippen molar-refractivity contribution in [1.29, 1.82) is 0 Å². The highest BCUT2D eigenvalue weighted by atomic mass is 35.5. The van der Waals surface area contributed by atoms with E-state index < -0.39 is 0 Å². The molecule has 112 valence electrons. The van der Waals surface area contributed by atoms with Crippen LogP contribution in [0.4, 0.5) is 0 Å². The summed E-state index contributed by atoms with van der Waals surface area (Å²) in [4.78, 5) is 2.36. The SMILES string of the molecule is CN(CCCCCCNC1CC1)Cc1ccccc1Cl. The van der Waals surface area contributed by atoms with Crippen LogP contribution in [-0.4, -0.2) is 31.1 Å². The Kier molecular flexibility index (Phi) is 6.85. The molecule has 0 bridgehead atoms. The van der Waals surface area contributed by atoms with Gasteiger partial charge in [-0.25, -0.2) is 0 Å². The molecule has 1 aromatic rings. The summed E-state index contributed by atoms with van der Waals surface area (Å²) in [5.74, 6) is 0. The van der Waals surface area contributed by atoms with Gasteiger partial charge in [-0.1, -0.05) is 42.6 Å². The van der Waals surface area contributed by atoms with E-state index in [1.54, 1.807) is 0 Å². The van der Waals surface area contributed by atoms with E-state index in [9.17, 15) is 0 Å². The Morgan fingerprint density at radius 1 is 1.15 bits per heavy atom. The van der Waals surface area contributed by atoms with Crippen molar-refractivity contribution in [2.24, 2.45) is 0 Å². The van der Waals surface area contributed by atoms with Crippen LogP contribution < -0.4 is 5.32 Å². The average molecular weight is 295 g/mol. The highest BCUT2D eigenvalue weighted by Crippen LogP contribution is 2.18. The van der Waals surface area contributed by atoms with Gasteiger partial charge in [-0.3, -0.25) is 0 Å². The highest BCUT2D eigenvalue weighted by Gasteiger charge is 2.19. The van der Waals surface area contributed by atoms with Crippen molar-refractivity contribution in [1.82, 2.24) is 10.2 Å². The molecule has 1 aromatic carbocycles. The first-order chi connectivity index (χ1) is 9.75. The van der Waals surface area contributed by atoms with Crippen LogP contribution in [0.1, 0.15) is 44.1 Å². The molecule has 1 aliphatic rings. The number of hydrogen-bond acceptors (Lipinski definition) is 2. The zero-order valence-corrected chi connectivity index (χ0v) is 13.3. The molecule has 0 unspecified atom stereocenters. The Morgan fingerprint density at radius 2 is 1.90 bits per heavy atom. The van der Waals surface area contributed by atoms with E-state index >= 15 is 0 Å². The third-order valence-electron chi connectivity index (χ3n) is 3.88. The van der Waals surface area contributed by atoms with Crippen LogP contribution in [0.3, 0.4) is 0 Å².